The monoisotopic (exact) mass is 686 g/mol. The van der Waals surface area contributed by atoms with Gasteiger partial charge in [-0.2, -0.15) is 0 Å². The van der Waals surface area contributed by atoms with E-state index in [1.54, 1.807) is 13.8 Å². The molecular formula is C32H42N6O11. The number of aliphatic carboxylic acids is 2. The van der Waals surface area contributed by atoms with Crippen LogP contribution >= 0.6 is 0 Å². The lowest BCUT2D eigenvalue weighted by atomic mass is 9.96. The number of benzene rings is 2. The Morgan fingerprint density at radius 1 is 0.653 bits per heavy atom. The molecule has 6 atom stereocenters. The first kappa shape index (κ1) is 39.5. The van der Waals surface area contributed by atoms with Gasteiger partial charge in [0.1, 0.15) is 35.7 Å². The second-order valence-corrected chi connectivity index (χ2v) is 11.5. The highest BCUT2D eigenvalue weighted by Crippen LogP contribution is 2.15. The van der Waals surface area contributed by atoms with Gasteiger partial charge in [-0.3, -0.25) is 28.8 Å². The van der Waals surface area contributed by atoms with Crippen LogP contribution in [0.4, 0.5) is 0 Å². The zero-order valence-electron chi connectivity index (χ0n) is 26.9. The summed E-state index contributed by atoms with van der Waals surface area (Å²) in [7, 11) is 0. The van der Waals surface area contributed by atoms with Crippen LogP contribution < -0.4 is 32.7 Å². The van der Waals surface area contributed by atoms with Gasteiger partial charge in [-0.05, 0) is 41.3 Å². The maximum Gasteiger partial charge on any atom is 0.326 e. The van der Waals surface area contributed by atoms with Crippen LogP contribution in [0.2, 0.25) is 0 Å². The summed E-state index contributed by atoms with van der Waals surface area (Å²) in [5.41, 5.74) is 11.9. The standard InChI is InChI=1S/C32H42N6O11/c1-3-16(2)27(31(47)37-24(32(48)49)13-18-6-10-20(40)11-7-18)38-30(46)23(15-25(34)41)36-29(45)22(12-17-4-8-19(39)9-5-17)35-28(44)21(33)14-26(42)43/h4-11,16,21-24,27,39-40H,3,12-15,33H2,1-2H3,(H2,34,41)(H,35,44)(H,36,45)(H,37,47)(H,38,46)(H,42,43)(H,48,49)/t16-,21-,22-,23-,24-,27-/m0/s1. The van der Waals surface area contributed by atoms with Crippen molar-refractivity contribution in [2.24, 2.45) is 17.4 Å². The zero-order chi connectivity index (χ0) is 36.8. The first-order valence-corrected chi connectivity index (χ1v) is 15.3. The maximum absolute atomic E-state index is 13.5. The fourth-order valence-corrected chi connectivity index (χ4v) is 4.60. The minimum atomic E-state index is -1.66. The Balaban J connectivity index is 2.30. The molecule has 2 rings (SSSR count). The van der Waals surface area contributed by atoms with Gasteiger partial charge in [0.05, 0.1) is 18.9 Å². The van der Waals surface area contributed by atoms with Crippen LogP contribution in [-0.2, 0) is 46.4 Å². The van der Waals surface area contributed by atoms with E-state index in [-0.39, 0.29) is 24.3 Å². The average molecular weight is 687 g/mol. The Kier molecular flexibility index (Phi) is 15.0. The van der Waals surface area contributed by atoms with Gasteiger partial charge < -0.3 is 53.2 Å². The second kappa shape index (κ2) is 18.6. The van der Waals surface area contributed by atoms with E-state index in [1.165, 1.54) is 48.5 Å². The number of primary amides is 1. The summed E-state index contributed by atoms with van der Waals surface area (Å²) in [4.78, 5) is 88.0. The Labute approximate surface area is 281 Å². The summed E-state index contributed by atoms with van der Waals surface area (Å²) in [6.07, 6.45) is -1.49. The van der Waals surface area contributed by atoms with Gasteiger partial charge in [0.2, 0.25) is 29.5 Å². The first-order valence-electron chi connectivity index (χ1n) is 15.3. The maximum atomic E-state index is 13.5. The van der Waals surface area contributed by atoms with E-state index < -0.39 is 90.4 Å². The fraction of sp³-hybridized carbons (Fsp3) is 0.406. The van der Waals surface area contributed by atoms with E-state index in [2.05, 4.69) is 21.3 Å². The number of carboxylic acid groups (broad SMARTS) is 2. The summed E-state index contributed by atoms with van der Waals surface area (Å²) in [6, 6.07) is 3.85. The lowest BCUT2D eigenvalue weighted by Crippen LogP contribution is -2.60. The highest BCUT2D eigenvalue weighted by Gasteiger charge is 2.34. The summed E-state index contributed by atoms with van der Waals surface area (Å²) in [5.74, 6) is -8.27. The Morgan fingerprint density at radius 3 is 1.55 bits per heavy atom. The van der Waals surface area contributed by atoms with Gasteiger partial charge in [-0.25, -0.2) is 4.79 Å². The number of phenolic OH excluding ortho intramolecular Hbond substituents is 2. The van der Waals surface area contributed by atoms with Gasteiger partial charge in [-0.15, -0.1) is 0 Å². The molecule has 5 amide bonds. The minimum absolute atomic E-state index is 0.0346. The normalized spacial score (nSPS) is 14.5. The molecule has 0 radical (unpaired) electrons. The number of amides is 5. The molecule has 0 aliphatic rings. The van der Waals surface area contributed by atoms with Crippen LogP contribution in [0.15, 0.2) is 48.5 Å². The first-order chi connectivity index (χ1) is 23.0. The van der Waals surface area contributed by atoms with Crippen LogP contribution in [0.1, 0.15) is 44.2 Å². The molecule has 17 heteroatoms. The van der Waals surface area contributed by atoms with Crippen molar-refractivity contribution in [3.05, 3.63) is 59.7 Å². The molecule has 2 aromatic carbocycles. The van der Waals surface area contributed by atoms with E-state index in [9.17, 15) is 48.9 Å². The topological polar surface area (TPSA) is 301 Å². The zero-order valence-corrected chi connectivity index (χ0v) is 26.9. The molecule has 12 N–H and O–H groups in total. The van der Waals surface area contributed by atoms with E-state index in [0.717, 1.165) is 0 Å². The number of nitrogens with one attached hydrogen (secondary N) is 4. The molecule has 0 heterocycles. The molecule has 0 aromatic heterocycles. The van der Waals surface area contributed by atoms with Crippen molar-refractivity contribution in [3.8, 4) is 11.5 Å². The second-order valence-electron chi connectivity index (χ2n) is 11.5. The molecular weight excluding hydrogens is 644 g/mol. The summed E-state index contributed by atoms with van der Waals surface area (Å²) in [5, 5.41) is 47.4. The number of carbonyl (C=O) groups excluding carboxylic acids is 5. The number of hydrogen-bond donors (Lipinski definition) is 10. The number of hydrogen-bond acceptors (Lipinski definition) is 10. The van der Waals surface area contributed by atoms with Crippen molar-refractivity contribution in [1.82, 2.24) is 21.3 Å². The van der Waals surface area contributed by atoms with Crippen LogP contribution in [0.3, 0.4) is 0 Å². The molecule has 0 unspecified atom stereocenters. The molecule has 49 heavy (non-hydrogen) atoms. The molecule has 0 aliphatic carbocycles. The van der Waals surface area contributed by atoms with Gasteiger partial charge in [-0.1, -0.05) is 44.5 Å². The van der Waals surface area contributed by atoms with Crippen LogP contribution in [0.5, 0.6) is 11.5 Å². The van der Waals surface area contributed by atoms with Crippen molar-refractivity contribution >= 4 is 41.5 Å². The molecule has 0 fully saturated rings. The quantitative estimate of drug-likeness (QED) is 0.0819. The van der Waals surface area contributed by atoms with Gasteiger partial charge in [0.25, 0.3) is 0 Å². The predicted molar refractivity (Wildman–Crippen MR) is 172 cm³/mol. The Bertz CT molecular complexity index is 1500. The van der Waals surface area contributed by atoms with E-state index in [4.69, 9.17) is 16.6 Å². The van der Waals surface area contributed by atoms with Gasteiger partial charge in [0, 0.05) is 12.8 Å². The highest BCUT2D eigenvalue weighted by molar-refractivity contribution is 5.97. The van der Waals surface area contributed by atoms with Crippen molar-refractivity contribution in [1.29, 1.82) is 0 Å². The number of aromatic hydroxyl groups is 2. The molecule has 0 aliphatic heterocycles. The number of carbonyl (C=O) groups is 7. The Morgan fingerprint density at radius 2 is 1.10 bits per heavy atom. The SMILES string of the molecule is CC[C@H](C)[C@H](NC(=O)[C@H](CC(N)=O)NC(=O)[C@H](Cc1ccc(O)cc1)NC(=O)[C@@H](N)CC(=O)O)C(=O)N[C@@H](Cc1ccc(O)cc1)C(=O)O. The van der Waals surface area contributed by atoms with Crippen LogP contribution in [-0.4, -0.2) is 92.1 Å². The van der Waals surface area contributed by atoms with Gasteiger partial charge in [0.15, 0.2) is 0 Å². The largest absolute Gasteiger partial charge is 0.508 e. The summed E-state index contributed by atoms with van der Waals surface area (Å²) in [6.45, 7) is 3.34. The molecule has 0 bridgehead atoms. The molecule has 17 nitrogen and oxygen atoms in total. The number of phenols is 2. The Hall–Kier alpha value is -5.71. The van der Waals surface area contributed by atoms with Crippen molar-refractivity contribution in [3.63, 3.8) is 0 Å². The van der Waals surface area contributed by atoms with Crippen LogP contribution in [0.25, 0.3) is 0 Å². The number of carboxylic acids is 2. The minimum Gasteiger partial charge on any atom is -0.508 e. The van der Waals surface area contributed by atoms with Gasteiger partial charge >= 0.3 is 11.9 Å². The van der Waals surface area contributed by atoms with Crippen molar-refractivity contribution in [2.75, 3.05) is 0 Å². The highest BCUT2D eigenvalue weighted by atomic mass is 16.4. The molecule has 2 aromatic rings. The smallest absolute Gasteiger partial charge is 0.326 e. The third-order valence-corrected chi connectivity index (χ3v) is 7.56. The number of nitrogens with two attached hydrogens (primary N) is 2. The lowest BCUT2D eigenvalue weighted by molar-refractivity contribution is -0.142. The van der Waals surface area contributed by atoms with E-state index >= 15 is 0 Å². The summed E-state index contributed by atoms with van der Waals surface area (Å²) < 4.78 is 0. The molecule has 0 saturated carbocycles. The van der Waals surface area contributed by atoms with E-state index in [1.807, 2.05) is 0 Å². The van der Waals surface area contributed by atoms with Crippen molar-refractivity contribution in [2.45, 2.75) is 76.2 Å². The summed E-state index contributed by atoms with van der Waals surface area (Å²) >= 11 is 0. The lowest BCUT2D eigenvalue weighted by Gasteiger charge is -2.28. The molecule has 266 valence electrons. The third kappa shape index (κ3) is 13.1. The average Bonchev–Trinajstić information content (AvgIpc) is 3.03. The molecule has 0 saturated heterocycles. The number of rotatable bonds is 19. The molecule has 0 spiro atoms. The fourth-order valence-electron chi connectivity index (χ4n) is 4.60. The van der Waals surface area contributed by atoms with Crippen molar-refractivity contribution < 1.29 is 54.0 Å². The predicted octanol–water partition coefficient (Wildman–Crippen LogP) is -1.37. The third-order valence-electron chi connectivity index (χ3n) is 7.56. The van der Waals surface area contributed by atoms with Crippen LogP contribution in [0, 0.1) is 5.92 Å². The van der Waals surface area contributed by atoms with E-state index in [0.29, 0.717) is 17.5 Å².